The molecule has 108 valence electrons. The van der Waals surface area contributed by atoms with Crippen LogP contribution in [0.2, 0.25) is 0 Å². The van der Waals surface area contributed by atoms with Crippen molar-refractivity contribution >= 4 is 29.4 Å². The zero-order valence-electron chi connectivity index (χ0n) is 11.8. The van der Waals surface area contributed by atoms with Gasteiger partial charge in [-0.1, -0.05) is 12.8 Å². The monoisotopic (exact) mass is 299 g/mol. The van der Waals surface area contributed by atoms with Crippen LogP contribution < -0.4 is 0 Å². The van der Waals surface area contributed by atoms with Gasteiger partial charge in [0.2, 0.25) is 5.91 Å². The first-order valence-electron chi connectivity index (χ1n) is 7.73. The summed E-state index contributed by atoms with van der Waals surface area (Å²) in [7, 11) is 0. The Bertz CT molecular complexity index is 316. The molecule has 2 aliphatic heterocycles. The molecule has 2 atom stereocenters. The maximum absolute atomic E-state index is 12.5. The molecule has 19 heavy (non-hydrogen) atoms. The topological polar surface area (TPSA) is 20.3 Å². The van der Waals surface area contributed by atoms with Crippen LogP contribution in [0.15, 0.2) is 0 Å². The maximum Gasteiger partial charge on any atom is 0.233 e. The number of thioether (sulfide) groups is 2. The number of rotatable bonds is 4. The molecule has 1 amide bonds. The van der Waals surface area contributed by atoms with Gasteiger partial charge in [0, 0.05) is 22.6 Å². The molecule has 1 aliphatic carbocycles. The van der Waals surface area contributed by atoms with E-state index in [9.17, 15) is 4.79 Å². The van der Waals surface area contributed by atoms with Crippen molar-refractivity contribution in [3.05, 3.63) is 0 Å². The van der Waals surface area contributed by atoms with Gasteiger partial charge in [0.15, 0.2) is 0 Å². The summed E-state index contributed by atoms with van der Waals surface area (Å²) in [4.78, 5) is 14.8. The lowest BCUT2D eigenvalue weighted by molar-refractivity contribution is -0.132. The van der Waals surface area contributed by atoms with Gasteiger partial charge >= 0.3 is 0 Å². The highest BCUT2D eigenvalue weighted by Crippen LogP contribution is 2.40. The molecule has 0 N–H and O–H groups in total. The highest BCUT2D eigenvalue weighted by molar-refractivity contribution is 8.00. The molecule has 3 aliphatic rings. The second-order valence-electron chi connectivity index (χ2n) is 6.23. The fourth-order valence-electron chi connectivity index (χ4n) is 4.05. The molecule has 4 heteroatoms. The summed E-state index contributed by atoms with van der Waals surface area (Å²) in [5.74, 6) is 1.17. The lowest BCUT2D eigenvalue weighted by atomic mass is 10.0. The van der Waals surface area contributed by atoms with Gasteiger partial charge in [-0.2, -0.15) is 11.8 Å². The minimum Gasteiger partial charge on any atom is -0.336 e. The Morgan fingerprint density at radius 1 is 1.05 bits per heavy atom. The molecule has 2 bridgehead atoms. The van der Waals surface area contributed by atoms with Crippen molar-refractivity contribution < 1.29 is 4.79 Å². The molecule has 0 aromatic carbocycles. The van der Waals surface area contributed by atoms with Crippen LogP contribution in [0, 0.1) is 0 Å². The molecule has 2 heterocycles. The molecular formula is C15H25NOS2. The van der Waals surface area contributed by atoms with Crippen molar-refractivity contribution in [1.29, 1.82) is 0 Å². The number of nitrogens with zero attached hydrogens (tertiary/aromatic N) is 1. The van der Waals surface area contributed by atoms with Crippen LogP contribution >= 0.6 is 23.5 Å². The van der Waals surface area contributed by atoms with Crippen molar-refractivity contribution in [2.45, 2.75) is 74.0 Å². The molecule has 0 radical (unpaired) electrons. The van der Waals surface area contributed by atoms with E-state index in [0.29, 0.717) is 18.0 Å². The van der Waals surface area contributed by atoms with E-state index in [-0.39, 0.29) is 0 Å². The zero-order valence-corrected chi connectivity index (χ0v) is 13.5. The van der Waals surface area contributed by atoms with Crippen molar-refractivity contribution in [2.75, 3.05) is 12.0 Å². The molecule has 0 spiro atoms. The van der Waals surface area contributed by atoms with Crippen molar-refractivity contribution in [2.24, 2.45) is 0 Å². The fourth-order valence-corrected chi connectivity index (χ4v) is 6.07. The quantitative estimate of drug-likeness (QED) is 0.792. The third-order valence-corrected chi connectivity index (χ3v) is 7.46. The van der Waals surface area contributed by atoms with Crippen LogP contribution in [-0.4, -0.2) is 45.4 Å². The summed E-state index contributed by atoms with van der Waals surface area (Å²) >= 11 is 3.93. The van der Waals surface area contributed by atoms with E-state index in [2.05, 4.69) is 11.2 Å². The van der Waals surface area contributed by atoms with Gasteiger partial charge in [-0.15, -0.1) is 11.8 Å². The number of carbonyl (C=O) groups excluding carboxylic acids is 1. The average Bonchev–Trinajstić information content (AvgIpc) is 3.02. The molecular weight excluding hydrogens is 274 g/mol. The predicted octanol–water partition coefficient (Wildman–Crippen LogP) is 3.55. The van der Waals surface area contributed by atoms with E-state index in [4.69, 9.17) is 0 Å². The largest absolute Gasteiger partial charge is 0.336 e. The van der Waals surface area contributed by atoms with Crippen LogP contribution in [0.1, 0.15) is 51.4 Å². The molecule has 2 unspecified atom stereocenters. The van der Waals surface area contributed by atoms with Crippen molar-refractivity contribution in [1.82, 2.24) is 4.90 Å². The standard InChI is InChI=1S/C15H25NOS2/c1-18-14-8-11-6-7-12(9-14)16(11)15(17)10-19-13-4-2-3-5-13/h11-14H,2-10H2,1H3. The molecule has 3 rings (SSSR count). The van der Waals surface area contributed by atoms with E-state index < -0.39 is 0 Å². The second kappa shape index (κ2) is 6.30. The van der Waals surface area contributed by atoms with Gasteiger partial charge in [-0.3, -0.25) is 4.79 Å². The number of hydrogen-bond acceptors (Lipinski definition) is 3. The van der Waals surface area contributed by atoms with Crippen LogP contribution in [-0.2, 0) is 4.79 Å². The highest BCUT2D eigenvalue weighted by Gasteiger charge is 2.42. The number of piperidine rings is 1. The highest BCUT2D eigenvalue weighted by atomic mass is 32.2. The molecule has 2 saturated heterocycles. The van der Waals surface area contributed by atoms with Gasteiger partial charge in [0.05, 0.1) is 5.75 Å². The van der Waals surface area contributed by atoms with Gasteiger partial charge in [-0.05, 0) is 44.8 Å². The molecule has 3 fully saturated rings. The van der Waals surface area contributed by atoms with Crippen LogP contribution in [0.4, 0.5) is 0 Å². The number of hydrogen-bond donors (Lipinski definition) is 0. The van der Waals surface area contributed by atoms with Crippen molar-refractivity contribution in [3.8, 4) is 0 Å². The lowest BCUT2D eigenvalue weighted by Gasteiger charge is -2.38. The summed E-state index contributed by atoms with van der Waals surface area (Å²) < 4.78 is 0. The van der Waals surface area contributed by atoms with Gasteiger partial charge in [0.25, 0.3) is 0 Å². The maximum atomic E-state index is 12.5. The van der Waals surface area contributed by atoms with Gasteiger partial charge in [-0.25, -0.2) is 0 Å². The minimum atomic E-state index is 0.434. The Morgan fingerprint density at radius 3 is 2.26 bits per heavy atom. The van der Waals surface area contributed by atoms with Crippen LogP contribution in [0.5, 0.6) is 0 Å². The Hall–Kier alpha value is 0.170. The summed E-state index contributed by atoms with van der Waals surface area (Å²) in [5, 5.41) is 1.56. The van der Waals surface area contributed by atoms with E-state index in [1.165, 1.54) is 51.4 Å². The molecule has 2 nitrogen and oxygen atoms in total. The second-order valence-corrected chi connectivity index (χ2v) is 8.66. The Balaban J connectivity index is 1.52. The van der Waals surface area contributed by atoms with E-state index >= 15 is 0 Å². The summed E-state index contributed by atoms with van der Waals surface area (Å²) in [6.07, 6.45) is 12.6. The normalized spacial score (nSPS) is 35.0. The van der Waals surface area contributed by atoms with Crippen LogP contribution in [0.25, 0.3) is 0 Å². The number of amides is 1. The zero-order chi connectivity index (χ0) is 13.2. The lowest BCUT2D eigenvalue weighted by Crippen LogP contribution is -2.48. The third kappa shape index (κ3) is 3.10. The third-order valence-electron chi connectivity index (χ3n) is 5.06. The molecule has 1 saturated carbocycles. The van der Waals surface area contributed by atoms with E-state index in [1.54, 1.807) is 0 Å². The number of fused-ring (bicyclic) bond motifs is 2. The van der Waals surface area contributed by atoms with Crippen LogP contribution in [0.3, 0.4) is 0 Å². The van der Waals surface area contributed by atoms with Crippen molar-refractivity contribution in [3.63, 3.8) is 0 Å². The summed E-state index contributed by atoms with van der Waals surface area (Å²) in [6, 6.07) is 1.13. The molecule has 0 aromatic rings. The first-order chi connectivity index (χ1) is 9.28. The fraction of sp³-hybridized carbons (Fsp3) is 0.933. The van der Waals surface area contributed by atoms with Gasteiger partial charge < -0.3 is 4.90 Å². The minimum absolute atomic E-state index is 0.434. The summed E-state index contributed by atoms with van der Waals surface area (Å²) in [6.45, 7) is 0. The first-order valence-corrected chi connectivity index (χ1v) is 10.1. The predicted molar refractivity (Wildman–Crippen MR) is 84.9 cm³/mol. The van der Waals surface area contributed by atoms with E-state index in [0.717, 1.165) is 16.3 Å². The summed E-state index contributed by atoms with van der Waals surface area (Å²) in [5.41, 5.74) is 0. The SMILES string of the molecule is CSC1CC2CCC(C1)N2C(=O)CSC1CCCC1. The number of carbonyl (C=O) groups is 1. The van der Waals surface area contributed by atoms with Gasteiger partial charge in [0.1, 0.15) is 0 Å². The Morgan fingerprint density at radius 2 is 1.68 bits per heavy atom. The molecule has 0 aromatic heterocycles. The Labute approximate surface area is 125 Å². The Kier molecular flexibility index (Phi) is 4.68. The van der Waals surface area contributed by atoms with E-state index in [1.807, 2.05) is 23.5 Å². The first kappa shape index (κ1) is 14.1. The average molecular weight is 300 g/mol. The smallest absolute Gasteiger partial charge is 0.233 e.